The summed E-state index contributed by atoms with van der Waals surface area (Å²) in [4.78, 5) is 11.8. The molecule has 1 aliphatic carbocycles. The van der Waals surface area contributed by atoms with E-state index >= 15 is 0 Å². The van der Waals surface area contributed by atoms with Crippen LogP contribution >= 0.6 is 11.6 Å². The van der Waals surface area contributed by atoms with Crippen LogP contribution in [-0.2, 0) is 0 Å². The van der Waals surface area contributed by atoms with Crippen molar-refractivity contribution < 1.29 is 13.6 Å². The van der Waals surface area contributed by atoms with Gasteiger partial charge in [-0.15, -0.1) is 11.6 Å². The van der Waals surface area contributed by atoms with Crippen molar-refractivity contribution >= 4 is 17.5 Å². The lowest BCUT2D eigenvalue weighted by Crippen LogP contribution is -2.55. The normalized spacial score (nSPS) is 17.4. The predicted molar refractivity (Wildman–Crippen MR) is 61.1 cm³/mol. The van der Waals surface area contributed by atoms with Crippen molar-refractivity contribution in [3.63, 3.8) is 0 Å². The maximum absolute atomic E-state index is 13.4. The second kappa shape index (κ2) is 4.61. The molecule has 0 unspecified atom stereocenters. The molecule has 0 aromatic heterocycles. The molecule has 1 aliphatic rings. The van der Waals surface area contributed by atoms with E-state index in [1.807, 2.05) is 0 Å². The Morgan fingerprint density at radius 3 is 2.65 bits per heavy atom. The first-order valence-corrected chi connectivity index (χ1v) is 5.94. The summed E-state index contributed by atoms with van der Waals surface area (Å²) in [5, 5.41) is 2.69. The fraction of sp³-hybridized carbons (Fsp3) is 0.417. The number of carbonyl (C=O) groups is 1. The molecule has 0 saturated heterocycles. The number of amides is 1. The van der Waals surface area contributed by atoms with E-state index in [1.54, 1.807) is 0 Å². The van der Waals surface area contributed by atoms with Gasteiger partial charge < -0.3 is 5.32 Å². The maximum Gasteiger partial charge on any atom is 0.254 e. The van der Waals surface area contributed by atoms with Gasteiger partial charge in [-0.1, -0.05) is 6.07 Å². The van der Waals surface area contributed by atoms with Gasteiger partial charge in [0.1, 0.15) is 0 Å². The zero-order chi connectivity index (χ0) is 12.5. The molecular formula is C12H12ClF2NO. The minimum Gasteiger partial charge on any atom is -0.345 e. The molecule has 17 heavy (non-hydrogen) atoms. The Morgan fingerprint density at radius 1 is 1.41 bits per heavy atom. The van der Waals surface area contributed by atoms with E-state index in [2.05, 4.69) is 5.32 Å². The number of carbonyl (C=O) groups excluding carboxylic acids is 1. The van der Waals surface area contributed by atoms with Crippen LogP contribution in [-0.4, -0.2) is 17.3 Å². The fourth-order valence-electron chi connectivity index (χ4n) is 1.88. The van der Waals surface area contributed by atoms with Crippen LogP contribution in [0, 0.1) is 11.6 Å². The Labute approximate surface area is 103 Å². The smallest absolute Gasteiger partial charge is 0.254 e. The molecule has 0 bridgehead atoms. The average molecular weight is 260 g/mol. The molecule has 1 aromatic rings. The van der Waals surface area contributed by atoms with E-state index in [-0.39, 0.29) is 11.4 Å². The number of halogens is 3. The highest BCUT2D eigenvalue weighted by Crippen LogP contribution is 2.33. The molecule has 92 valence electrons. The van der Waals surface area contributed by atoms with Crippen LogP contribution in [0.3, 0.4) is 0 Å². The van der Waals surface area contributed by atoms with Crippen LogP contribution in [0.1, 0.15) is 29.6 Å². The highest BCUT2D eigenvalue weighted by atomic mass is 35.5. The lowest BCUT2D eigenvalue weighted by atomic mass is 9.78. The van der Waals surface area contributed by atoms with Crippen molar-refractivity contribution in [2.24, 2.45) is 0 Å². The van der Waals surface area contributed by atoms with Gasteiger partial charge >= 0.3 is 0 Å². The van der Waals surface area contributed by atoms with E-state index in [1.165, 1.54) is 12.1 Å². The number of benzene rings is 1. The molecule has 0 atom stereocenters. The summed E-state index contributed by atoms with van der Waals surface area (Å²) in [6.45, 7) is 0. The van der Waals surface area contributed by atoms with Crippen molar-refractivity contribution in [2.45, 2.75) is 24.8 Å². The topological polar surface area (TPSA) is 29.1 Å². The number of nitrogens with one attached hydrogen (secondary N) is 1. The predicted octanol–water partition coefficient (Wildman–Crippen LogP) is 2.86. The number of hydrogen-bond donors (Lipinski definition) is 1. The zero-order valence-corrected chi connectivity index (χ0v) is 9.86. The SMILES string of the molecule is O=C(NC1(CCl)CCC1)c1cccc(F)c1F. The van der Waals surface area contributed by atoms with Crippen LogP contribution in [0.2, 0.25) is 0 Å². The zero-order valence-electron chi connectivity index (χ0n) is 9.10. The standard InChI is InChI=1S/C12H12ClF2NO/c13-7-12(5-2-6-12)16-11(17)8-3-1-4-9(14)10(8)15/h1,3-4H,2,5-7H2,(H,16,17). The first-order valence-electron chi connectivity index (χ1n) is 5.40. The molecule has 2 nitrogen and oxygen atoms in total. The summed E-state index contributed by atoms with van der Waals surface area (Å²) in [7, 11) is 0. The monoisotopic (exact) mass is 259 g/mol. The summed E-state index contributed by atoms with van der Waals surface area (Å²) in [6.07, 6.45) is 2.54. The van der Waals surface area contributed by atoms with Crippen LogP contribution in [0.5, 0.6) is 0 Å². The molecule has 0 aliphatic heterocycles. The molecule has 1 aromatic carbocycles. The van der Waals surface area contributed by atoms with E-state index in [0.717, 1.165) is 25.3 Å². The number of alkyl halides is 1. The number of hydrogen-bond acceptors (Lipinski definition) is 1. The molecule has 1 fully saturated rings. The van der Waals surface area contributed by atoms with Crippen molar-refractivity contribution in [2.75, 3.05) is 5.88 Å². The minimum atomic E-state index is -1.12. The van der Waals surface area contributed by atoms with E-state index < -0.39 is 23.1 Å². The van der Waals surface area contributed by atoms with Gasteiger partial charge in [-0.25, -0.2) is 8.78 Å². The molecule has 0 spiro atoms. The van der Waals surface area contributed by atoms with Gasteiger partial charge in [-0.2, -0.15) is 0 Å². The molecule has 2 rings (SSSR count). The van der Waals surface area contributed by atoms with Gasteiger partial charge in [0.05, 0.1) is 11.1 Å². The van der Waals surface area contributed by atoms with E-state index in [9.17, 15) is 13.6 Å². The summed E-state index contributed by atoms with van der Waals surface area (Å²) >= 11 is 5.78. The second-order valence-corrected chi connectivity index (χ2v) is 4.59. The third kappa shape index (κ3) is 2.27. The number of rotatable bonds is 3. The fourth-order valence-corrected chi connectivity index (χ4v) is 2.22. The Kier molecular flexibility index (Phi) is 3.33. The van der Waals surface area contributed by atoms with Crippen LogP contribution < -0.4 is 5.32 Å². The van der Waals surface area contributed by atoms with Crippen LogP contribution in [0.15, 0.2) is 18.2 Å². The summed E-state index contributed by atoms with van der Waals surface area (Å²) in [5.74, 6) is -2.46. The van der Waals surface area contributed by atoms with Crippen LogP contribution in [0.25, 0.3) is 0 Å². The lowest BCUT2D eigenvalue weighted by molar-refractivity contribution is 0.0848. The lowest BCUT2D eigenvalue weighted by Gasteiger charge is -2.41. The molecule has 1 N–H and O–H groups in total. The van der Waals surface area contributed by atoms with Gasteiger partial charge in [-0.05, 0) is 31.4 Å². The quantitative estimate of drug-likeness (QED) is 0.831. The van der Waals surface area contributed by atoms with Crippen molar-refractivity contribution in [1.29, 1.82) is 0 Å². The van der Waals surface area contributed by atoms with Crippen molar-refractivity contribution in [3.8, 4) is 0 Å². The largest absolute Gasteiger partial charge is 0.345 e. The summed E-state index contributed by atoms with van der Waals surface area (Å²) in [6, 6.07) is 3.54. The molecule has 0 heterocycles. The highest BCUT2D eigenvalue weighted by molar-refractivity contribution is 6.19. The molecule has 1 saturated carbocycles. The summed E-state index contributed by atoms with van der Waals surface area (Å²) < 4.78 is 26.4. The summed E-state index contributed by atoms with van der Waals surface area (Å²) in [5.41, 5.74) is -0.724. The maximum atomic E-state index is 13.4. The third-order valence-electron chi connectivity index (χ3n) is 3.14. The Balaban J connectivity index is 2.17. The van der Waals surface area contributed by atoms with E-state index in [4.69, 9.17) is 11.6 Å². The Morgan fingerprint density at radius 2 is 2.12 bits per heavy atom. The van der Waals surface area contributed by atoms with Gasteiger partial charge in [0.15, 0.2) is 11.6 Å². The third-order valence-corrected chi connectivity index (χ3v) is 3.65. The Bertz CT molecular complexity index is 441. The van der Waals surface area contributed by atoms with Gasteiger partial charge in [0.25, 0.3) is 5.91 Å². The first-order chi connectivity index (χ1) is 8.08. The second-order valence-electron chi connectivity index (χ2n) is 4.32. The van der Waals surface area contributed by atoms with Gasteiger partial charge in [-0.3, -0.25) is 4.79 Å². The first kappa shape index (κ1) is 12.3. The average Bonchev–Trinajstić information content (AvgIpc) is 2.27. The molecule has 5 heteroatoms. The van der Waals surface area contributed by atoms with Crippen LogP contribution in [0.4, 0.5) is 8.78 Å². The van der Waals surface area contributed by atoms with Crippen molar-refractivity contribution in [1.82, 2.24) is 5.32 Å². The van der Waals surface area contributed by atoms with E-state index in [0.29, 0.717) is 0 Å². The molecular weight excluding hydrogens is 248 g/mol. The Hall–Kier alpha value is -1.16. The molecule has 0 radical (unpaired) electrons. The van der Waals surface area contributed by atoms with Gasteiger partial charge in [0.2, 0.25) is 0 Å². The minimum absolute atomic E-state index is 0.276. The molecule has 1 amide bonds. The van der Waals surface area contributed by atoms with Crippen molar-refractivity contribution in [3.05, 3.63) is 35.4 Å². The van der Waals surface area contributed by atoms with Gasteiger partial charge in [0, 0.05) is 5.88 Å². The highest BCUT2D eigenvalue weighted by Gasteiger charge is 2.38.